The second-order valence-corrected chi connectivity index (χ2v) is 8.75. The summed E-state index contributed by atoms with van der Waals surface area (Å²) >= 11 is 0. The molecule has 0 saturated heterocycles. The second kappa shape index (κ2) is 9.21. The van der Waals surface area contributed by atoms with Crippen LogP contribution < -0.4 is 15.3 Å². The number of nitrogens with zero attached hydrogens (tertiary/aromatic N) is 4. The van der Waals surface area contributed by atoms with E-state index in [1.807, 2.05) is 0 Å². The van der Waals surface area contributed by atoms with E-state index in [4.69, 9.17) is 15.0 Å². The summed E-state index contributed by atoms with van der Waals surface area (Å²) in [6.45, 7) is 3.52. The van der Waals surface area contributed by atoms with Crippen molar-refractivity contribution in [2.45, 2.75) is 32.5 Å². The van der Waals surface area contributed by atoms with E-state index < -0.39 is 25.6 Å². The number of carboxylic acids is 1. The molecule has 0 saturated carbocycles. The van der Waals surface area contributed by atoms with Crippen LogP contribution in [0.5, 0.6) is 5.75 Å². The van der Waals surface area contributed by atoms with Crippen molar-refractivity contribution in [2.24, 2.45) is 0 Å². The molecule has 0 spiro atoms. The van der Waals surface area contributed by atoms with Gasteiger partial charge >= 0.3 is 13.5 Å². The number of imidazole rings is 1. The van der Waals surface area contributed by atoms with Crippen LogP contribution in [-0.2, 0) is 20.6 Å². The van der Waals surface area contributed by atoms with Crippen LogP contribution in [0, 0.1) is 0 Å². The van der Waals surface area contributed by atoms with E-state index in [1.165, 1.54) is 13.3 Å². The number of nitrogen functional groups attached to an aromatic ring is 1. The highest BCUT2D eigenvalue weighted by molar-refractivity contribution is 7.57. The van der Waals surface area contributed by atoms with Crippen LogP contribution in [0.4, 0.5) is 5.82 Å². The Hall–Kier alpha value is -3.01. The first-order valence-corrected chi connectivity index (χ1v) is 11.0. The third-order valence-electron chi connectivity index (χ3n) is 4.17. The van der Waals surface area contributed by atoms with Crippen molar-refractivity contribution in [3.63, 3.8) is 0 Å². The predicted molar refractivity (Wildman–Crippen MR) is 110 cm³/mol. The molecule has 0 bridgehead atoms. The highest BCUT2D eigenvalue weighted by atomic mass is 31.2. The third kappa shape index (κ3) is 5.32. The smallest absolute Gasteiger partial charge is 0.342 e. The number of fused-ring (bicyclic) bond motifs is 1. The Kier molecular flexibility index (Phi) is 6.66. The highest BCUT2D eigenvalue weighted by Gasteiger charge is 2.31. The molecule has 4 N–H and O–H groups in total. The van der Waals surface area contributed by atoms with Crippen LogP contribution in [0.25, 0.3) is 11.2 Å². The molecule has 0 aliphatic heterocycles. The highest BCUT2D eigenvalue weighted by Crippen LogP contribution is 2.43. The van der Waals surface area contributed by atoms with Gasteiger partial charge in [-0.15, -0.1) is 0 Å². The molecule has 11 nitrogen and oxygen atoms in total. The summed E-state index contributed by atoms with van der Waals surface area (Å²) in [5, 5.41) is 11.7. The second-order valence-electron chi connectivity index (χ2n) is 6.70. The maximum absolute atomic E-state index is 13.3. The van der Waals surface area contributed by atoms with Crippen molar-refractivity contribution in [3.8, 4) is 5.75 Å². The van der Waals surface area contributed by atoms with Crippen LogP contribution in [0.2, 0.25) is 0 Å². The Morgan fingerprint density at radius 2 is 2.00 bits per heavy atom. The van der Waals surface area contributed by atoms with Crippen molar-refractivity contribution in [3.05, 3.63) is 43.0 Å². The summed E-state index contributed by atoms with van der Waals surface area (Å²) < 4.78 is 26.4. The lowest BCUT2D eigenvalue weighted by molar-refractivity contribution is -0.138. The van der Waals surface area contributed by atoms with Crippen molar-refractivity contribution in [1.82, 2.24) is 24.6 Å². The molecule has 0 aliphatic carbocycles. The van der Waals surface area contributed by atoms with Gasteiger partial charge in [0.05, 0.1) is 19.0 Å². The van der Waals surface area contributed by atoms with E-state index >= 15 is 0 Å². The lowest BCUT2D eigenvalue weighted by Crippen LogP contribution is -2.34. The van der Waals surface area contributed by atoms with Crippen LogP contribution in [0.1, 0.15) is 13.8 Å². The van der Waals surface area contributed by atoms with Crippen molar-refractivity contribution in [2.75, 3.05) is 12.1 Å². The minimum absolute atomic E-state index is 0.278. The number of hydrogen-bond donors (Lipinski definition) is 3. The first-order valence-electron chi connectivity index (χ1n) is 9.14. The van der Waals surface area contributed by atoms with Crippen molar-refractivity contribution < 1.29 is 23.7 Å². The number of nitrogens with two attached hydrogens (primary N) is 1. The van der Waals surface area contributed by atoms with Crippen molar-refractivity contribution >= 4 is 30.5 Å². The fraction of sp³-hybridized carbons (Fsp3) is 0.333. The number of nitrogens with one attached hydrogen (secondary N) is 1. The van der Waals surface area contributed by atoms with Crippen LogP contribution in [-0.4, -0.2) is 49.1 Å². The number of anilines is 1. The lowest BCUT2D eigenvalue weighted by Gasteiger charge is -2.24. The number of aliphatic carboxylic acids is 1. The first-order chi connectivity index (χ1) is 14.3. The van der Waals surface area contributed by atoms with E-state index in [1.54, 1.807) is 48.1 Å². The van der Waals surface area contributed by atoms with Crippen LogP contribution >= 0.6 is 7.52 Å². The molecular weight excluding hydrogens is 411 g/mol. The molecule has 30 heavy (non-hydrogen) atoms. The number of hydrogen-bond acceptors (Lipinski definition) is 8. The molecule has 1 aromatic carbocycles. The van der Waals surface area contributed by atoms with E-state index in [0.29, 0.717) is 23.5 Å². The number of carbonyl (C=O) groups is 1. The molecule has 0 amide bonds. The van der Waals surface area contributed by atoms with Gasteiger partial charge in [-0.3, -0.25) is 9.36 Å². The summed E-state index contributed by atoms with van der Waals surface area (Å²) in [7, 11) is -3.67. The zero-order chi connectivity index (χ0) is 21.7. The van der Waals surface area contributed by atoms with Gasteiger partial charge < -0.3 is 24.7 Å². The summed E-state index contributed by atoms with van der Waals surface area (Å²) in [5.41, 5.74) is 6.83. The molecule has 1 unspecified atom stereocenters. The van der Waals surface area contributed by atoms with Gasteiger partial charge in [0, 0.05) is 0 Å². The Bertz CT molecular complexity index is 1060. The maximum atomic E-state index is 13.3. The third-order valence-corrected chi connectivity index (χ3v) is 5.94. The number of aromatic nitrogens is 4. The largest absolute Gasteiger partial charge is 0.480 e. The zero-order valence-corrected chi connectivity index (χ0v) is 17.4. The Morgan fingerprint density at radius 1 is 1.27 bits per heavy atom. The van der Waals surface area contributed by atoms with E-state index in [2.05, 4.69) is 20.0 Å². The molecule has 3 atom stereocenters. The van der Waals surface area contributed by atoms with Gasteiger partial charge in [-0.1, -0.05) is 18.2 Å². The quantitative estimate of drug-likeness (QED) is 0.404. The zero-order valence-electron chi connectivity index (χ0n) is 16.5. The molecule has 0 aliphatic rings. The van der Waals surface area contributed by atoms with Gasteiger partial charge in [0.15, 0.2) is 11.5 Å². The Morgan fingerprint density at radius 3 is 2.70 bits per heavy atom. The Labute approximate surface area is 172 Å². The molecule has 2 heterocycles. The number of rotatable bonds is 10. The number of benzene rings is 1. The molecule has 0 fully saturated rings. The standard InChI is InChI=1S/C18H23N6O5P/c1-12(8-24-10-22-15-16(19)20-9-21-17(15)24)28-11-30(27,23-13(2)18(25)26)29-14-6-4-3-5-7-14/h3-7,9-10,12-13H,8,11H2,1-2H3,(H,23,27)(H,25,26)(H2,19,20,21)/t12-,13?,30-/m1/s1. The van der Waals surface area contributed by atoms with Gasteiger partial charge in [-0.2, -0.15) is 0 Å². The van der Waals surface area contributed by atoms with Crippen molar-refractivity contribution in [1.29, 1.82) is 0 Å². The number of para-hydroxylation sites is 1. The Balaban J connectivity index is 1.69. The summed E-state index contributed by atoms with van der Waals surface area (Å²) in [5.74, 6) is -0.531. The number of carboxylic acid groups (broad SMARTS) is 1. The van der Waals surface area contributed by atoms with Gasteiger partial charge in [-0.25, -0.2) is 20.0 Å². The molecule has 3 rings (SSSR count). The molecular formula is C18H23N6O5P. The molecule has 160 valence electrons. The summed E-state index contributed by atoms with van der Waals surface area (Å²) in [4.78, 5) is 23.5. The summed E-state index contributed by atoms with van der Waals surface area (Å²) in [6.07, 6.45) is 2.18. The molecule has 12 heteroatoms. The molecule has 2 aromatic heterocycles. The fourth-order valence-electron chi connectivity index (χ4n) is 2.68. The predicted octanol–water partition coefficient (Wildman–Crippen LogP) is 2.11. The first kappa shape index (κ1) is 21.7. The minimum Gasteiger partial charge on any atom is -0.480 e. The van der Waals surface area contributed by atoms with E-state index in [9.17, 15) is 14.5 Å². The maximum Gasteiger partial charge on any atom is 0.342 e. The van der Waals surface area contributed by atoms with Crippen LogP contribution in [0.3, 0.4) is 0 Å². The van der Waals surface area contributed by atoms with E-state index in [-0.39, 0.29) is 12.2 Å². The van der Waals surface area contributed by atoms with E-state index in [0.717, 1.165) is 0 Å². The average molecular weight is 434 g/mol. The average Bonchev–Trinajstić information content (AvgIpc) is 3.11. The summed E-state index contributed by atoms with van der Waals surface area (Å²) in [6, 6.07) is 7.41. The van der Waals surface area contributed by atoms with Gasteiger partial charge in [0.1, 0.15) is 30.0 Å². The molecule has 0 radical (unpaired) electrons. The fourth-order valence-corrected chi connectivity index (χ4v) is 4.47. The van der Waals surface area contributed by atoms with Gasteiger partial charge in [0.25, 0.3) is 0 Å². The SMILES string of the molecule is CC(N[P@@](=O)(CO[C@H](C)Cn1cnc2c(N)ncnc21)Oc1ccccc1)C(=O)O. The van der Waals surface area contributed by atoms with Crippen LogP contribution in [0.15, 0.2) is 43.0 Å². The molecule has 3 aromatic rings. The van der Waals surface area contributed by atoms with Gasteiger partial charge in [0.2, 0.25) is 0 Å². The monoisotopic (exact) mass is 434 g/mol. The topological polar surface area (TPSA) is 154 Å². The minimum atomic E-state index is -3.67. The normalized spacial score (nSPS) is 15.4. The lowest BCUT2D eigenvalue weighted by atomic mass is 10.3. The van der Waals surface area contributed by atoms with Gasteiger partial charge in [-0.05, 0) is 26.0 Å². The number of ether oxygens (including phenoxy) is 1.